The Morgan fingerprint density at radius 1 is 0.683 bits per heavy atom. The number of carbonyl (C=O) groups excluding carboxylic acids is 2. The van der Waals surface area contributed by atoms with Crippen LogP contribution in [0.3, 0.4) is 0 Å². The molecule has 0 saturated heterocycles. The zero-order chi connectivity index (χ0) is 45.0. The SMILES string of the molecule is Cc1cc(S(=O)(=O)CCCC(=O)CCOCCOCCOCCOCCCOCCOCCOCCOCCN)ccc1C(=O)N1CCOc2ccc(-c3ccc(N)nc3)cc2C1. The highest BCUT2D eigenvalue weighted by Crippen LogP contribution is 2.30. The van der Waals surface area contributed by atoms with Crippen LogP contribution < -0.4 is 16.2 Å². The molecule has 17 nitrogen and oxygen atoms in total. The molecule has 1 aliphatic rings. The molecule has 0 radical (unpaired) electrons. The van der Waals surface area contributed by atoms with Crippen molar-refractivity contribution in [3.63, 3.8) is 0 Å². The number of ether oxygens (including phenoxy) is 9. The second-order valence-corrected chi connectivity index (χ2v) is 16.7. The Bertz CT molecular complexity index is 1890. The molecule has 3 aromatic rings. The van der Waals surface area contributed by atoms with Crippen LogP contribution in [0, 0.1) is 6.92 Å². The van der Waals surface area contributed by atoms with Crippen molar-refractivity contribution in [2.24, 2.45) is 5.73 Å². The van der Waals surface area contributed by atoms with Crippen molar-refractivity contribution in [3.8, 4) is 16.9 Å². The molecule has 4 rings (SSSR count). The van der Waals surface area contributed by atoms with Crippen LogP contribution in [0.2, 0.25) is 0 Å². The average Bonchev–Trinajstić information content (AvgIpc) is 3.50. The molecule has 18 heteroatoms. The minimum Gasteiger partial charge on any atom is -0.491 e. The average molecular weight is 903 g/mol. The van der Waals surface area contributed by atoms with Crippen LogP contribution in [0.4, 0.5) is 5.82 Å². The molecule has 4 N–H and O–H groups in total. The van der Waals surface area contributed by atoms with E-state index in [0.717, 1.165) is 23.1 Å². The summed E-state index contributed by atoms with van der Waals surface area (Å²) in [6.45, 7) is 10.8. The molecule has 1 aromatic heterocycles. The van der Waals surface area contributed by atoms with Crippen LogP contribution in [0.5, 0.6) is 5.75 Å². The molecule has 2 heterocycles. The number of fused-ring (bicyclic) bond motifs is 1. The number of aryl methyl sites for hydroxylation is 1. The van der Waals surface area contributed by atoms with Crippen LogP contribution in [0.1, 0.15) is 47.2 Å². The summed E-state index contributed by atoms with van der Waals surface area (Å²) in [4.78, 5) is 32.1. The third-order valence-electron chi connectivity index (χ3n) is 9.70. The maximum Gasteiger partial charge on any atom is 0.254 e. The fraction of sp³-hybridized carbons (Fsp3) is 0.578. The monoisotopic (exact) mass is 902 g/mol. The van der Waals surface area contributed by atoms with Gasteiger partial charge in [0.1, 0.15) is 24.0 Å². The fourth-order valence-corrected chi connectivity index (χ4v) is 7.71. The predicted octanol–water partition coefficient (Wildman–Crippen LogP) is 3.67. The van der Waals surface area contributed by atoms with Crippen LogP contribution >= 0.6 is 0 Å². The molecule has 350 valence electrons. The second-order valence-electron chi connectivity index (χ2n) is 14.6. The number of sulfone groups is 1. The molecule has 1 aliphatic heterocycles. The lowest BCUT2D eigenvalue weighted by molar-refractivity contribution is -0.120. The first-order valence-corrected chi connectivity index (χ1v) is 23.3. The number of benzene rings is 2. The maximum absolute atomic E-state index is 13.7. The molecular formula is C45H66N4O13S. The number of carbonyl (C=O) groups is 2. The number of nitrogen functional groups attached to an aromatic ring is 1. The first-order chi connectivity index (χ1) is 30.7. The number of nitrogens with zero attached hydrogens (tertiary/aromatic N) is 2. The number of hydrogen-bond acceptors (Lipinski definition) is 16. The number of Topliss-reactive ketones (excluding diaryl/α,β-unsaturated/α-hetero) is 1. The van der Waals surface area contributed by atoms with Gasteiger partial charge >= 0.3 is 0 Å². The first kappa shape index (κ1) is 51.6. The van der Waals surface area contributed by atoms with E-state index in [1.807, 2.05) is 24.3 Å². The highest BCUT2D eigenvalue weighted by atomic mass is 32.2. The quantitative estimate of drug-likeness (QED) is 0.0817. The number of hydrogen-bond donors (Lipinski definition) is 2. The Hall–Kier alpha value is -4.08. The third kappa shape index (κ3) is 20.1. The number of rotatable bonds is 34. The normalized spacial score (nSPS) is 12.8. The van der Waals surface area contributed by atoms with Gasteiger partial charge in [-0.2, -0.15) is 0 Å². The maximum atomic E-state index is 13.7. The van der Waals surface area contributed by atoms with Gasteiger partial charge in [0.05, 0.1) is 110 Å². The number of pyridine rings is 1. The third-order valence-corrected chi connectivity index (χ3v) is 11.5. The minimum atomic E-state index is -3.67. The van der Waals surface area contributed by atoms with E-state index >= 15 is 0 Å². The van der Waals surface area contributed by atoms with Gasteiger partial charge in [0, 0.05) is 62.0 Å². The second kappa shape index (κ2) is 30.1. The number of anilines is 1. The summed E-state index contributed by atoms with van der Waals surface area (Å²) in [5.41, 5.74) is 14.7. The number of amides is 1. The molecule has 0 saturated carbocycles. The molecule has 2 aromatic carbocycles. The van der Waals surface area contributed by atoms with Gasteiger partial charge in [0.25, 0.3) is 5.91 Å². The summed E-state index contributed by atoms with van der Waals surface area (Å²) < 4.78 is 75.9. The fourth-order valence-electron chi connectivity index (χ4n) is 6.32. The molecular weight excluding hydrogens is 837 g/mol. The lowest BCUT2D eigenvalue weighted by Crippen LogP contribution is -2.33. The molecule has 0 bridgehead atoms. The van der Waals surface area contributed by atoms with Crippen LogP contribution in [-0.4, -0.2) is 161 Å². The van der Waals surface area contributed by atoms with Gasteiger partial charge in [-0.15, -0.1) is 0 Å². The molecule has 0 aliphatic carbocycles. The van der Waals surface area contributed by atoms with Crippen LogP contribution in [0.25, 0.3) is 11.1 Å². The topological polar surface area (TPSA) is 220 Å². The highest BCUT2D eigenvalue weighted by Gasteiger charge is 2.24. The molecule has 63 heavy (non-hydrogen) atoms. The Kier molecular flexibility index (Phi) is 24.7. The van der Waals surface area contributed by atoms with Crippen molar-refractivity contribution >= 4 is 27.3 Å². The number of aromatic nitrogens is 1. The lowest BCUT2D eigenvalue weighted by atomic mass is 10.0. The van der Waals surface area contributed by atoms with Gasteiger partial charge in [0.2, 0.25) is 0 Å². The number of ketones is 1. The lowest BCUT2D eigenvalue weighted by Gasteiger charge is -2.21. The van der Waals surface area contributed by atoms with Crippen LogP contribution in [0.15, 0.2) is 59.6 Å². The molecule has 1 amide bonds. The summed E-state index contributed by atoms with van der Waals surface area (Å²) in [6, 6.07) is 14.0. The van der Waals surface area contributed by atoms with Crippen molar-refractivity contribution in [1.29, 1.82) is 0 Å². The van der Waals surface area contributed by atoms with Gasteiger partial charge in [-0.05, 0) is 73.4 Å². The Balaban J connectivity index is 0.977. The highest BCUT2D eigenvalue weighted by molar-refractivity contribution is 7.91. The van der Waals surface area contributed by atoms with Crippen molar-refractivity contribution in [3.05, 3.63) is 71.4 Å². The zero-order valence-electron chi connectivity index (χ0n) is 36.6. The van der Waals surface area contributed by atoms with Gasteiger partial charge in [-0.3, -0.25) is 9.59 Å². The molecule has 0 unspecified atom stereocenters. The Labute approximate surface area is 371 Å². The standard InChI is InChI=1S/C45H66N4O13S/c1-36-32-41(7-8-42(36)45(51)49-13-18-62-43-9-5-37(33-39(43)35-49)38-6-10-44(47)48-34-38)63(52,53)31-2-4-40(50)11-16-56-21-25-60-29-27-58-23-19-54-14-3-15-55-20-24-59-28-30-61-26-22-57-17-12-46/h5-10,32-34H,2-4,11-31,35,46H2,1H3,(H2,47,48). The molecule has 0 atom stereocenters. The van der Waals surface area contributed by atoms with Gasteiger partial charge in [-0.25, -0.2) is 13.4 Å². The van der Waals surface area contributed by atoms with E-state index in [0.29, 0.717) is 148 Å². The van der Waals surface area contributed by atoms with E-state index < -0.39 is 9.84 Å². The first-order valence-electron chi connectivity index (χ1n) is 21.6. The van der Waals surface area contributed by atoms with E-state index in [4.69, 9.17) is 54.1 Å². The smallest absolute Gasteiger partial charge is 0.254 e. The summed E-state index contributed by atoms with van der Waals surface area (Å²) >= 11 is 0. The Morgan fingerprint density at radius 3 is 1.83 bits per heavy atom. The largest absolute Gasteiger partial charge is 0.491 e. The van der Waals surface area contributed by atoms with Gasteiger partial charge in [-0.1, -0.05) is 6.07 Å². The number of nitrogens with two attached hydrogens (primary N) is 2. The summed E-state index contributed by atoms with van der Waals surface area (Å²) in [7, 11) is -3.67. The van der Waals surface area contributed by atoms with Crippen molar-refractivity contribution in [1.82, 2.24) is 9.88 Å². The predicted molar refractivity (Wildman–Crippen MR) is 237 cm³/mol. The van der Waals surface area contributed by atoms with E-state index in [2.05, 4.69) is 4.98 Å². The van der Waals surface area contributed by atoms with E-state index in [-0.39, 0.29) is 48.2 Å². The molecule has 0 fully saturated rings. The van der Waals surface area contributed by atoms with Crippen LogP contribution in [-0.2, 0) is 59.1 Å². The Morgan fingerprint density at radius 2 is 1.25 bits per heavy atom. The minimum absolute atomic E-state index is 0.0734. The van der Waals surface area contributed by atoms with E-state index in [9.17, 15) is 18.0 Å². The van der Waals surface area contributed by atoms with E-state index in [1.54, 1.807) is 30.2 Å². The van der Waals surface area contributed by atoms with Crippen molar-refractivity contribution in [2.45, 2.75) is 44.0 Å². The molecule has 0 spiro atoms. The summed E-state index contributed by atoms with van der Waals surface area (Å²) in [5, 5.41) is 0. The van der Waals surface area contributed by atoms with Gasteiger partial charge in [0.15, 0.2) is 9.84 Å². The van der Waals surface area contributed by atoms with E-state index in [1.165, 1.54) is 12.1 Å². The summed E-state index contributed by atoms with van der Waals surface area (Å²) in [6.07, 6.45) is 2.98. The summed E-state index contributed by atoms with van der Waals surface area (Å²) in [5.74, 6) is 0.664. The zero-order valence-corrected chi connectivity index (χ0v) is 37.5. The van der Waals surface area contributed by atoms with Crippen molar-refractivity contribution < 1.29 is 60.6 Å². The van der Waals surface area contributed by atoms with Crippen molar-refractivity contribution in [2.75, 3.05) is 137 Å². The van der Waals surface area contributed by atoms with Gasteiger partial charge < -0.3 is 59.0 Å².